The summed E-state index contributed by atoms with van der Waals surface area (Å²) in [5.41, 5.74) is 0. The highest BCUT2D eigenvalue weighted by atomic mass is 80.0. The molecule has 0 aliphatic carbocycles. The van der Waals surface area contributed by atoms with Gasteiger partial charge in [0.2, 0.25) is 0 Å². The maximum atomic E-state index is 9.44. The van der Waals surface area contributed by atoms with E-state index >= 15 is 0 Å². The summed E-state index contributed by atoms with van der Waals surface area (Å²) in [6.07, 6.45) is -0.736. The Morgan fingerprint density at radius 3 is 1.00 bits per heavy atom. The smallest absolute Gasteiger partial charge is 0.163 e. The van der Waals surface area contributed by atoms with E-state index < -0.39 is 10.4 Å². The molecule has 0 fully saturated rings. The third-order valence-corrected chi connectivity index (χ3v) is 3.22. The normalized spacial score (nSPS) is 14.4. The Morgan fingerprint density at radius 1 is 0.800 bits per heavy atom. The summed E-state index contributed by atoms with van der Waals surface area (Å²) in [5, 5.41) is 9.44. The van der Waals surface area contributed by atoms with Crippen molar-refractivity contribution in [2.24, 2.45) is 0 Å². The van der Waals surface area contributed by atoms with E-state index in [4.69, 9.17) is 0 Å². The van der Waals surface area contributed by atoms with E-state index in [0.29, 0.717) is 0 Å². The Bertz CT molecular complexity index is 97.1. The standard InChI is InChI=1S/C3H2Br6O/c4-2(5,6)1(10)3(7,8)9/h1,10H. The predicted octanol–water partition coefficient (Wildman–Crippen LogP) is 4.02. The van der Waals surface area contributed by atoms with E-state index in [1.54, 1.807) is 0 Å². The first-order valence-corrected chi connectivity index (χ1v) is 6.73. The zero-order valence-corrected chi connectivity index (χ0v) is 13.8. The van der Waals surface area contributed by atoms with Gasteiger partial charge in [-0.25, -0.2) is 0 Å². The van der Waals surface area contributed by atoms with Crippen LogP contribution in [0.25, 0.3) is 0 Å². The van der Waals surface area contributed by atoms with Crippen molar-refractivity contribution >= 4 is 95.6 Å². The molecule has 0 aromatic rings. The Hall–Kier alpha value is 2.84. The van der Waals surface area contributed by atoms with Crippen molar-refractivity contribution in [3.8, 4) is 0 Å². The zero-order valence-electron chi connectivity index (χ0n) is 4.29. The second-order valence-electron chi connectivity index (χ2n) is 1.49. The van der Waals surface area contributed by atoms with Gasteiger partial charge in [0.05, 0.1) is 0 Å². The summed E-state index contributed by atoms with van der Waals surface area (Å²) >= 11 is 19.0. The highest BCUT2D eigenvalue weighted by Crippen LogP contribution is 2.49. The Morgan fingerprint density at radius 2 is 1.00 bits per heavy atom. The van der Waals surface area contributed by atoms with E-state index in [1.807, 2.05) is 0 Å². The van der Waals surface area contributed by atoms with Gasteiger partial charge in [0.1, 0.15) is 6.10 Å². The van der Waals surface area contributed by atoms with Crippen LogP contribution in [-0.4, -0.2) is 15.5 Å². The number of aliphatic hydroxyl groups is 1. The molecule has 0 bridgehead atoms. The SMILES string of the molecule is OC(C(Br)(Br)Br)C(Br)(Br)Br. The molecule has 1 nitrogen and oxygen atoms in total. The van der Waals surface area contributed by atoms with Crippen LogP contribution < -0.4 is 0 Å². The summed E-state index contributed by atoms with van der Waals surface area (Å²) in [5.74, 6) is 0. The molecule has 0 spiro atoms. The molecule has 0 atom stereocenters. The van der Waals surface area contributed by atoms with Gasteiger partial charge in [-0.3, -0.25) is 0 Å². The fourth-order valence-corrected chi connectivity index (χ4v) is 5.01. The van der Waals surface area contributed by atoms with Gasteiger partial charge in [-0.1, -0.05) is 95.6 Å². The quantitative estimate of drug-likeness (QED) is 0.467. The van der Waals surface area contributed by atoms with E-state index in [-0.39, 0.29) is 0 Å². The van der Waals surface area contributed by atoms with Crippen LogP contribution in [0.1, 0.15) is 0 Å². The minimum absolute atomic E-state index is 0.705. The van der Waals surface area contributed by atoms with Gasteiger partial charge in [-0.2, -0.15) is 0 Å². The molecule has 7 heteroatoms. The van der Waals surface area contributed by atoms with Crippen LogP contribution in [0.15, 0.2) is 0 Å². The Kier molecular flexibility index (Phi) is 5.61. The second-order valence-corrected chi connectivity index (χ2v) is 15.4. The van der Waals surface area contributed by atoms with Crippen LogP contribution in [0.2, 0.25) is 0 Å². The topological polar surface area (TPSA) is 20.2 Å². The third-order valence-electron chi connectivity index (χ3n) is 0.620. The van der Waals surface area contributed by atoms with Gasteiger partial charge in [0.25, 0.3) is 0 Å². The maximum Gasteiger partial charge on any atom is 0.163 e. The molecule has 0 radical (unpaired) electrons. The van der Waals surface area contributed by atoms with Gasteiger partial charge in [0.15, 0.2) is 4.29 Å². The van der Waals surface area contributed by atoms with Crippen LogP contribution in [0, 0.1) is 0 Å². The number of rotatable bonds is 0. The lowest BCUT2D eigenvalue weighted by molar-refractivity contribution is 0.204. The molecule has 0 saturated carbocycles. The molecule has 0 aliphatic rings. The Labute approximate surface area is 109 Å². The van der Waals surface area contributed by atoms with Crippen molar-refractivity contribution in [3.05, 3.63) is 0 Å². The van der Waals surface area contributed by atoms with Gasteiger partial charge in [-0.05, 0) is 0 Å². The minimum atomic E-state index is -0.736. The average Bonchev–Trinajstić information content (AvgIpc) is 1.59. The molecule has 0 aliphatic heterocycles. The van der Waals surface area contributed by atoms with Crippen LogP contribution in [0.3, 0.4) is 0 Å². The number of aliphatic hydroxyl groups excluding tert-OH is 1. The summed E-state index contributed by atoms with van der Waals surface area (Å²) in [6.45, 7) is 0. The number of hydrogen-bond acceptors (Lipinski definition) is 1. The molecule has 0 unspecified atom stereocenters. The van der Waals surface area contributed by atoms with Crippen molar-refractivity contribution in [1.82, 2.24) is 0 Å². The summed E-state index contributed by atoms with van der Waals surface area (Å²) in [4.78, 5) is 0. The first-order valence-electron chi connectivity index (χ1n) is 1.97. The Balaban J connectivity index is 4.23. The molecule has 0 saturated heterocycles. The van der Waals surface area contributed by atoms with Crippen molar-refractivity contribution in [3.63, 3.8) is 0 Å². The van der Waals surface area contributed by atoms with Crippen molar-refractivity contribution in [2.75, 3.05) is 0 Å². The molecule has 0 aromatic carbocycles. The minimum Gasteiger partial charge on any atom is -0.387 e. The molecular formula is C3H2Br6O. The van der Waals surface area contributed by atoms with Crippen molar-refractivity contribution in [2.45, 2.75) is 10.4 Å². The molecule has 10 heavy (non-hydrogen) atoms. The fourth-order valence-electron chi connectivity index (χ4n) is 0.186. The first kappa shape index (κ1) is 12.8. The number of halogens is 6. The summed E-state index contributed by atoms with van der Waals surface area (Å²) in [6, 6.07) is 0. The molecule has 0 heterocycles. The molecule has 62 valence electrons. The largest absolute Gasteiger partial charge is 0.387 e. The third kappa shape index (κ3) is 4.77. The fraction of sp³-hybridized carbons (Fsp3) is 1.00. The molecule has 1 N–H and O–H groups in total. The van der Waals surface area contributed by atoms with Gasteiger partial charge < -0.3 is 5.11 Å². The van der Waals surface area contributed by atoms with E-state index in [0.717, 1.165) is 0 Å². The zero-order chi connectivity index (χ0) is 8.58. The van der Waals surface area contributed by atoms with Gasteiger partial charge in [-0.15, -0.1) is 0 Å². The second kappa shape index (κ2) is 4.37. The van der Waals surface area contributed by atoms with Crippen molar-refractivity contribution < 1.29 is 5.11 Å². The number of alkyl halides is 6. The van der Waals surface area contributed by atoms with Gasteiger partial charge >= 0.3 is 0 Å². The highest BCUT2D eigenvalue weighted by molar-refractivity contribution is 9.40. The van der Waals surface area contributed by atoms with Crippen LogP contribution in [0.4, 0.5) is 0 Å². The molecule has 0 aromatic heterocycles. The number of hydrogen-bond donors (Lipinski definition) is 1. The summed E-state index contributed by atoms with van der Waals surface area (Å²) < 4.78 is -1.41. The monoisotopic (exact) mass is 528 g/mol. The van der Waals surface area contributed by atoms with E-state index in [2.05, 4.69) is 95.6 Å². The van der Waals surface area contributed by atoms with Crippen LogP contribution in [-0.2, 0) is 0 Å². The highest BCUT2D eigenvalue weighted by Gasteiger charge is 2.42. The van der Waals surface area contributed by atoms with E-state index in [1.165, 1.54) is 0 Å². The lowest BCUT2D eigenvalue weighted by Gasteiger charge is -2.27. The average molecular weight is 533 g/mol. The van der Waals surface area contributed by atoms with Crippen LogP contribution in [0.5, 0.6) is 0 Å². The van der Waals surface area contributed by atoms with Crippen molar-refractivity contribution in [1.29, 1.82) is 0 Å². The molecule has 0 rings (SSSR count). The van der Waals surface area contributed by atoms with Gasteiger partial charge in [0, 0.05) is 0 Å². The molecule has 0 amide bonds. The van der Waals surface area contributed by atoms with E-state index in [9.17, 15) is 5.11 Å². The predicted molar refractivity (Wildman–Crippen MR) is 65.0 cm³/mol. The first-order chi connectivity index (χ1) is 4.15. The van der Waals surface area contributed by atoms with Crippen LogP contribution >= 0.6 is 95.6 Å². The summed E-state index contributed by atoms with van der Waals surface area (Å²) in [7, 11) is 0. The lowest BCUT2D eigenvalue weighted by atomic mass is 10.5. The maximum absolute atomic E-state index is 9.44. The molecular weight excluding hydrogens is 531 g/mol. The lowest BCUT2D eigenvalue weighted by Crippen LogP contribution is -2.35.